The zero-order valence-corrected chi connectivity index (χ0v) is 10.6. The van der Waals surface area contributed by atoms with Crippen molar-refractivity contribution >= 4 is 5.78 Å². The highest BCUT2D eigenvalue weighted by Gasteiger charge is 2.17. The predicted octanol–water partition coefficient (Wildman–Crippen LogP) is 0.355. The molecule has 2 rings (SSSR count). The number of aromatic nitrogens is 4. The maximum atomic E-state index is 12.0. The third kappa shape index (κ3) is 2.65. The number of nitrogens with two attached hydrogens (primary N) is 1. The molecule has 0 fully saturated rings. The van der Waals surface area contributed by atoms with Crippen molar-refractivity contribution in [2.45, 2.75) is 18.9 Å². The van der Waals surface area contributed by atoms with Crippen molar-refractivity contribution in [3.63, 3.8) is 0 Å². The smallest absolute Gasteiger partial charge is 0.154 e. The molecule has 0 bridgehead atoms. The van der Waals surface area contributed by atoms with Gasteiger partial charge < -0.3 is 5.73 Å². The number of nitrogens with zero attached hydrogens (tertiary/aromatic N) is 4. The highest BCUT2D eigenvalue weighted by atomic mass is 16.1. The molecule has 0 amide bonds. The minimum absolute atomic E-state index is 0.0178. The second kappa shape index (κ2) is 5.14. The van der Waals surface area contributed by atoms with E-state index in [1.807, 2.05) is 13.1 Å². The van der Waals surface area contributed by atoms with E-state index in [0.717, 1.165) is 11.3 Å². The van der Waals surface area contributed by atoms with E-state index in [1.165, 1.54) is 0 Å². The van der Waals surface area contributed by atoms with Gasteiger partial charge in [-0.3, -0.25) is 14.2 Å². The summed E-state index contributed by atoms with van der Waals surface area (Å²) >= 11 is 0. The van der Waals surface area contributed by atoms with Crippen LogP contribution in [0.15, 0.2) is 24.7 Å². The Morgan fingerprint density at radius 1 is 1.44 bits per heavy atom. The quantitative estimate of drug-likeness (QED) is 0.827. The molecule has 0 aliphatic rings. The summed E-state index contributed by atoms with van der Waals surface area (Å²) < 4.78 is 3.41. The normalized spacial score (nSPS) is 12.6. The molecule has 6 heteroatoms. The average Bonchev–Trinajstić information content (AvgIpc) is 2.94. The van der Waals surface area contributed by atoms with Gasteiger partial charge in [0.1, 0.15) is 0 Å². The Labute approximate surface area is 105 Å². The van der Waals surface area contributed by atoms with Crippen LogP contribution < -0.4 is 5.73 Å². The van der Waals surface area contributed by atoms with Gasteiger partial charge in [0.25, 0.3) is 0 Å². The van der Waals surface area contributed by atoms with Crippen LogP contribution in [0.25, 0.3) is 0 Å². The van der Waals surface area contributed by atoms with Crippen molar-refractivity contribution in [3.8, 4) is 0 Å². The van der Waals surface area contributed by atoms with Crippen molar-refractivity contribution in [2.24, 2.45) is 19.8 Å². The first-order valence-electron chi connectivity index (χ1n) is 5.81. The van der Waals surface area contributed by atoms with E-state index in [4.69, 9.17) is 5.73 Å². The van der Waals surface area contributed by atoms with Gasteiger partial charge in [-0.2, -0.15) is 10.2 Å². The molecule has 0 radical (unpaired) electrons. The van der Waals surface area contributed by atoms with E-state index >= 15 is 0 Å². The molecule has 2 aromatic heterocycles. The Hall–Kier alpha value is -1.95. The molecule has 6 nitrogen and oxygen atoms in total. The number of hydrogen-bond donors (Lipinski definition) is 1. The van der Waals surface area contributed by atoms with Crippen molar-refractivity contribution in [3.05, 3.63) is 35.9 Å². The monoisotopic (exact) mass is 247 g/mol. The molecular formula is C12H17N5O. The Bertz CT molecular complexity index is 542. The third-order valence-corrected chi connectivity index (χ3v) is 2.98. The number of carbonyl (C=O) groups excluding carboxylic acids is 1. The molecule has 0 aliphatic carbocycles. The number of aryl methyl sites for hydroxylation is 3. The van der Waals surface area contributed by atoms with Crippen molar-refractivity contribution in [1.29, 1.82) is 0 Å². The molecule has 0 aliphatic heterocycles. The van der Waals surface area contributed by atoms with Gasteiger partial charge in [-0.25, -0.2) is 0 Å². The van der Waals surface area contributed by atoms with Crippen LogP contribution >= 0.6 is 0 Å². The molecule has 0 saturated carbocycles. The van der Waals surface area contributed by atoms with Gasteiger partial charge in [-0.05, 0) is 12.5 Å². The highest BCUT2D eigenvalue weighted by molar-refractivity contribution is 5.85. The Morgan fingerprint density at radius 3 is 2.78 bits per heavy atom. The Morgan fingerprint density at radius 2 is 2.22 bits per heavy atom. The Balaban J connectivity index is 1.94. The fraction of sp³-hybridized carbons (Fsp3) is 0.417. The van der Waals surface area contributed by atoms with Crippen LogP contribution in [-0.4, -0.2) is 25.3 Å². The zero-order chi connectivity index (χ0) is 13.1. The first-order chi connectivity index (χ1) is 8.58. The molecule has 1 unspecified atom stereocenters. The molecule has 0 aromatic carbocycles. The molecule has 18 heavy (non-hydrogen) atoms. The molecule has 2 N–H and O–H groups in total. The summed E-state index contributed by atoms with van der Waals surface area (Å²) in [5, 5.41) is 8.08. The van der Waals surface area contributed by atoms with Crippen LogP contribution in [0.2, 0.25) is 0 Å². The number of carbonyl (C=O) groups is 1. The zero-order valence-electron chi connectivity index (χ0n) is 10.6. The lowest BCUT2D eigenvalue weighted by Crippen LogP contribution is -2.21. The van der Waals surface area contributed by atoms with Crippen LogP contribution in [0.3, 0.4) is 0 Å². The standard InChI is InChI=1S/C12H17N5O/c1-16-8-9(7-15-16)12(13)11(18)4-3-10-5-6-14-17(10)2/h5-8,12H,3-4,13H2,1-2H3. The Kier molecular flexibility index (Phi) is 3.57. The molecule has 2 heterocycles. The van der Waals surface area contributed by atoms with Crippen molar-refractivity contribution in [2.75, 3.05) is 0 Å². The van der Waals surface area contributed by atoms with Crippen molar-refractivity contribution in [1.82, 2.24) is 19.6 Å². The minimum Gasteiger partial charge on any atom is -0.318 e. The molecule has 0 saturated heterocycles. The lowest BCUT2D eigenvalue weighted by Gasteiger charge is -2.08. The van der Waals surface area contributed by atoms with E-state index in [0.29, 0.717) is 12.8 Å². The maximum Gasteiger partial charge on any atom is 0.154 e. The summed E-state index contributed by atoms with van der Waals surface area (Å²) in [6, 6.07) is 1.31. The SMILES string of the molecule is Cn1cc(C(N)C(=O)CCc2ccnn2C)cn1. The molecular weight excluding hydrogens is 230 g/mol. The number of Topliss-reactive ketones (excluding diaryl/α,β-unsaturated/α-hetero) is 1. The third-order valence-electron chi connectivity index (χ3n) is 2.98. The summed E-state index contributed by atoms with van der Waals surface area (Å²) in [6.07, 6.45) is 6.19. The lowest BCUT2D eigenvalue weighted by atomic mass is 10.0. The topological polar surface area (TPSA) is 78.7 Å². The van der Waals surface area contributed by atoms with Crippen molar-refractivity contribution < 1.29 is 4.79 Å². The minimum atomic E-state index is -0.591. The van der Waals surface area contributed by atoms with Crippen LogP contribution in [-0.2, 0) is 25.3 Å². The van der Waals surface area contributed by atoms with Crippen LogP contribution in [0.4, 0.5) is 0 Å². The van der Waals surface area contributed by atoms with Gasteiger partial charge in [-0.1, -0.05) is 0 Å². The maximum absolute atomic E-state index is 12.0. The summed E-state index contributed by atoms with van der Waals surface area (Å²) in [6.45, 7) is 0. The first-order valence-corrected chi connectivity index (χ1v) is 5.81. The van der Waals surface area contributed by atoms with E-state index in [2.05, 4.69) is 10.2 Å². The molecule has 96 valence electrons. The lowest BCUT2D eigenvalue weighted by molar-refractivity contribution is -0.120. The molecule has 2 aromatic rings. The van der Waals surface area contributed by atoms with Gasteiger partial charge in [0.2, 0.25) is 0 Å². The fourth-order valence-corrected chi connectivity index (χ4v) is 1.84. The molecule has 0 spiro atoms. The van der Waals surface area contributed by atoms with Gasteiger partial charge in [0, 0.05) is 44.2 Å². The summed E-state index contributed by atoms with van der Waals surface area (Å²) in [7, 11) is 3.66. The predicted molar refractivity (Wildman–Crippen MR) is 66.7 cm³/mol. The number of ketones is 1. The summed E-state index contributed by atoms with van der Waals surface area (Å²) in [5.41, 5.74) is 7.69. The van der Waals surface area contributed by atoms with E-state index in [9.17, 15) is 4.79 Å². The van der Waals surface area contributed by atoms with Gasteiger partial charge in [0.05, 0.1) is 12.2 Å². The number of rotatable bonds is 5. The highest BCUT2D eigenvalue weighted by Crippen LogP contribution is 2.13. The molecule has 1 atom stereocenters. The van der Waals surface area contributed by atoms with Gasteiger partial charge in [0.15, 0.2) is 5.78 Å². The van der Waals surface area contributed by atoms with E-state index in [1.54, 1.807) is 35.0 Å². The van der Waals surface area contributed by atoms with Gasteiger partial charge in [-0.15, -0.1) is 0 Å². The van der Waals surface area contributed by atoms with Gasteiger partial charge >= 0.3 is 0 Å². The second-order valence-corrected chi connectivity index (χ2v) is 4.34. The van der Waals surface area contributed by atoms with Crippen LogP contribution in [0.1, 0.15) is 23.7 Å². The second-order valence-electron chi connectivity index (χ2n) is 4.34. The van der Waals surface area contributed by atoms with Crippen LogP contribution in [0, 0.1) is 0 Å². The average molecular weight is 247 g/mol. The first kappa shape index (κ1) is 12.5. The summed E-state index contributed by atoms with van der Waals surface area (Å²) in [5.74, 6) is 0.0178. The largest absolute Gasteiger partial charge is 0.318 e. The van der Waals surface area contributed by atoms with E-state index < -0.39 is 6.04 Å². The number of hydrogen-bond acceptors (Lipinski definition) is 4. The fourth-order valence-electron chi connectivity index (χ4n) is 1.84. The van der Waals surface area contributed by atoms with Crippen LogP contribution in [0.5, 0.6) is 0 Å². The summed E-state index contributed by atoms with van der Waals surface area (Å²) in [4.78, 5) is 12.0. The van der Waals surface area contributed by atoms with E-state index in [-0.39, 0.29) is 5.78 Å².